The lowest BCUT2D eigenvalue weighted by molar-refractivity contribution is -0.149. The summed E-state index contributed by atoms with van der Waals surface area (Å²) in [5.74, 6) is -1.50. The molecule has 0 radical (unpaired) electrons. The predicted octanol–water partition coefficient (Wildman–Crippen LogP) is 0.287. The second kappa shape index (κ2) is 15.1. The summed E-state index contributed by atoms with van der Waals surface area (Å²) in [6.45, 7) is 4.67. The van der Waals surface area contributed by atoms with Crippen molar-refractivity contribution in [2.75, 3.05) is 25.1 Å². The number of hydrogen-bond donors (Lipinski definition) is 5. The third-order valence-corrected chi connectivity index (χ3v) is 6.34. The molecule has 0 saturated carbocycles. The zero-order chi connectivity index (χ0) is 25.0. The molecule has 1 heterocycles. The van der Waals surface area contributed by atoms with Gasteiger partial charge >= 0.3 is 5.97 Å². The molecule has 190 valence electrons. The van der Waals surface area contributed by atoms with Crippen molar-refractivity contribution in [3.05, 3.63) is 0 Å². The summed E-state index contributed by atoms with van der Waals surface area (Å²) in [5.41, 5.74) is 11.5. The SMILES string of the molecule is CSCCC(N)C(=O)NC(CCCCN)C(=O)NC(CC(C)C)C(=O)N1CCCC1C(=O)O. The number of nitrogens with two attached hydrogens (primary N) is 2. The summed E-state index contributed by atoms with van der Waals surface area (Å²) in [5, 5.41) is 15.0. The van der Waals surface area contributed by atoms with Crippen LogP contribution in [0, 0.1) is 5.92 Å². The van der Waals surface area contributed by atoms with Gasteiger partial charge in [0.15, 0.2) is 0 Å². The van der Waals surface area contributed by atoms with Crippen molar-refractivity contribution < 1.29 is 24.3 Å². The lowest BCUT2D eigenvalue weighted by atomic mass is 10.0. The minimum Gasteiger partial charge on any atom is -0.480 e. The number of nitrogens with one attached hydrogen (secondary N) is 2. The average molecular weight is 488 g/mol. The quantitative estimate of drug-likeness (QED) is 0.205. The lowest BCUT2D eigenvalue weighted by Crippen LogP contribution is -2.57. The maximum atomic E-state index is 13.2. The Morgan fingerprint density at radius 2 is 1.76 bits per heavy atom. The van der Waals surface area contributed by atoms with Gasteiger partial charge in [0.05, 0.1) is 6.04 Å². The molecule has 3 amide bonds. The normalized spacial score (nSPS) is 18.6. The zero-order valence-electron chi connectivity index (χ0n) is 20.0. The van der Waals surface area contributed by atoms with Crippen LogP contribution >= 0.6 is 11.8 Å². The van der Waals surface area contributed by atoms with Crippen molar-refractivity contribution in [3.63, 3.8) is 0 Å². The summed E-state index contributed by atoms with van der Waals surface area (Å²) in [6, 6.07) is -3.31. The van der Waals surface area contributed by atoms with Crippen LogP contribution in [0.2, 0.25) is 0 Å². The first-order valence-electron chi connectivity index (χ1n) is 11.7. The van der Waals surface area contributed by atoms with Gasteiger partial charge in [-0.25, -0.2) is 4.79 Å². The van der Waals surface area contributed by atoms with Crippen molar-refractivity contribution >= 4 is 35.5 Å². The summed E-state index contributed by atoms with van der Waals surface area (Å²) < 4.78 is 0. The molecule has 0 aromatic heterocycles. The van der Waals surface area contributed by atoms with Gasteiger partial charge in [-0.05, 0) is 69.4 Å². The van der Waals surface area contributed by atoms with E-state index >= 15 is 0 Å². The van der Waals surface area contributed by atoms with E-state index in [-0.39, 0.29) is 5.92 Å². The van der Waals surface area contributed by atoms with E-state index in [1.165, 1.54) is 4.90 Å². The maximum Gasteiger partial charge on any atom is 0.326 e. The van der Waals surface area contributed by atoms with Gasteiger partial charge in [0.25, 0.3) is 0 Å². The average Bonchev–Trinajstić information content (AvgIpc) is 3.25. The van der Waals surface area contributed by atoms with E-state index in [0.29, 0.717) is 58.0 Å². The van der Waals surface area contributed by atoms with Crippen LogP contribution in [0.3, 0.4) is 0 Å². The highest BCUT2D eigenvalue weighted by Gasteiger charge is 2.38. The highest BCUT2D eigenvalue weighted by molar-refractivity contribution is 7.98. The topological polar surface area (TPSA) is 168 Å². The monoisotopic (exact) mass is 487 g/mol. The van der Waals surface area contributed by atoms with Crippen LogP contribution in [0.5, 0.6) is 0 Å². The molecule has 0 spiro atoms. The number of thioether (sulfide) groups is 1. The Morgan fingerprint density at radius 3 is 2.33 bits per heavy atom. The van der Waals surface area contributed by atoms with Crippen LogP contribution in [0.15, 0.2) is 0 Å². The van der Waals surface area contributed by atoms with Gasteiger partial charge in [0, 0.05) is 6.54 Å². The van der Waals surface area contributed by atoms with Crippen molar-refractivity contribution in [2.45, 2.75) is 83.0 Å². The van der Waals surface area contributed by atoms with Crippen LogP contribution in [-0.4, -0.2) is 83.0 Å². The highest BCUT2D eigenvalue weighted by Crippen LogP contribution is 2.20. The van der Waals surface area contributed by atoms with Gasteiger partial charge in [0.2, 0.25) is 17.7 Å². The molecular formula is C22H41N5O5S. The molecule has 0 bridgehead atoms. The minimum absolute atomic E-state index is 0.0929. The molecule has 1 saturated heterocycles. The number of carboxylic acids is 1. The van der Waals surface area contributed by atoms with Gasteiger partial charge in [-0.15, -0.1) is 0 Å². The molecule has 1 rings (SSSR count). The molecule has 7 N–H and O–H groups in total. The predicted molar refractivity (Wildman–Crippen MR) is 130 cm³/mol. The van der Waals surface area contributed by atoms with Crippen LogP contribution in [0.1, 0.15) is 58.8 Å². The number of unbranched alkanes of at least 4 members (excludes halogenated alkanes) is 1. The number of carboxylic acid groups (broad SMARTS) is 1. The minimum atomic E-state index is -1.04. The summed E-state index contributed by atoms with van der Waals surface area (Å²) in [4.78, 5) is 51.8. The number of amides is 3. The first-order chi connectivity index (χ1) is 15.6. The number of carbonyl (C=O) groups is 4. The number of carbonyl (C=O) groups excluding carboxylic acids is 3. The molecule has 4 unspecified atom stereocenters. The number of nitrogens with zero attached hydrogens (tertiary/aromatic N) is 1. The largest absolute Gasteiger partial charge is 0.480 e. The van der Waals surface area contributed by atoms with E-state index in [2.05, 4.69) is 10.6 Å². The van der Waals surface area contributed by atoms with Gasteiger partial charge < -0.3 is 32.1 Å². The molecule has 0 aromatic carbocycles. The van der Waals surface area contributed by atoms with Gasteiger partial charge in [0.1, 0.15) is 18.1 Å². The maximum absolute atomic E-state index is 13.2. The molecule has 1 aliphatic heterocycles. The molecule has 1 fully saturated rings. The molecule has 11 heteroatoms. The van der Waals surface area contributed by atoms with Crippen molar-refractivity contribution in [3.8, 4) is 0 Å². The van der Waals surface area contributed by atoms with Gasteiger partial charge in [-0.1, -0.05) is 13.8 Å². The molecular weight excluding hydrogens is 446 g/mol. The number of rotatable bonds is 15. The van der Waals surface area contributed by atoms with Crippen LogP contribution < -0.4 is 22.1 Å². The Hall–Kier alpha value is -1.85. The lowest BCUT2D eigenvalue weighted by Gasteiger charge is -2.29. The summed E-state index contributed by atoms with van der Waals surface area (Å²) in [7, 11) is 0. The fraction of sp³-hybridized carbons (Fsp3) is 0.818. The number of hydrogen-bond acceptors (Lipinski definition) is 7. The van der Waals surface area contributed by atoms with Crippen molar-refractivity contribution in [2.24, 2.45) is 17.4 Å². The molecule has 10 nitrogen and oxygen atoms in total. The van der Waals surface area contributed by atoms with Crippen molar-refractivity contribution in [1.82, 2.24) is 15.5 Å². The standard InChI is InChI=1S/C22H41N5O5S/c1-14(2)13-17(21(30)27-11-6-8-18(27)22(31)32)26-20(29)16(7-4-5-10-23)25-19(28)15(24)9-12-33-3/h14-18H,4-13,23-24H2,1-3H3,(H,25,28)(H,26,29)(H,31,32). The molecule has 0 aliphatic carbocycles. The third kappa shape index (κ3) is 9.89. The Bertz CT molecular complexity index is 663. The first-order valence-corrected chi connectivity index (χ1v) is 13.1. The van der Waals surface area contributed by atoms with Gasteiger partial charge in [-0.2, -0.15) is 11.8 Å². The van der Waals surface area contributed by atoms with E-state index in [4.69, 9.17) is 11.5 Å². The summed E-state index contributed by atoms with van der Waals surface area (Å²) >= 11 is 1.58. The molecule has 0 aromatic rings. The van der Waals surface area contributed by atoms with E-state index in [0.717, 1.165) is 5.75 Å². The fourth-order valence-electron chi connectivity index (χ4n) is 3.87. The van der Waals surface area contributed by atoms with E-state index in [1.807, 2.05) is 20.1 Å². The first kappa shape index (κ1) is 29.2. The van der Waals surface area contributed by atoms with Crippen LogP contribution in [0.25, 0.3) is 0 Å². The number of likely N-dealkylation sites (tertiary alicyclic amines) is 1. The fourth-order valence-corrected chi connectivity index (χ4v) is 4.36. The van der Waals surface area contributed by atoms with Crippen LogP contribution in [0.4, 0.5) is 0 Å². The Kier molecular flexibility index (Phi) is 13.4. The van der Waals surface area contributed by atoms with Crippen LogP contribution in [-0.2, 0) is 19.2 Å². The Balaban J connectivity index is 2.95. The van der Waals surface area contributed by atoms with Crippen molar-refractivity contribution in [1.29, 1.82) is 0 Å². The second-order valence-corrected chi connectivity index (χ2v) is 9.94. The Morgan fingerprint density at radius 1 is 1.09 bits per heavy atom. The number of aliphatic carboxylic acids is 1. The van der Waals surface area contributed by atoms with E-state index < -0.39 is 47.9 Å². The second-order valence-electron chi connectivity index (χ2n) is 8.95. The molecule has 4 atom stereocenters. The zero-order valence-corrected chi connectivity index (χ0v) is 20.9. The Labute approximate surface area is 200 Å². The van der Waals surface area contributed by atoms with E-state index in [1.54, 1.807) is 11.8 Å². The highest BCUT2D eigenvalue weighted by atomic mass is 32.2. The van der Waals surface area contributed by atoms with Gasteiger partial charge in [-0.3, -0.25) is 14.4 Å². The molecule has 33 heavy (non-hydrogen) atoms. The summed E-state index contributed by atoms with van der Waals surface area (Å²) in [6.07, 6.45) is 5.48. The third-order valence-electron chi connectivity index (χ3n) is 5.69. The molecule has 1 aliphatic rings. The van der Waals surface area contributed by atoms with E-state index in [9.17, 15) is 24.3 Å². The smallest absolute Gasteiger partial charge is 0.326 e.